The highest BCUT2D eigenvalue weighted by Crippen LogP contribution is 2.36. The van der Waals surface area contributed by atoms with Gasteiger partial charge < -0.3 is 9.64 Å². The minimum atomic E-state index is 0.215. The van der Waals surface area contributed by atoms with Crippen LogP contribution in [0.4, 0.5) is 0 Å². The molecule has 3 saturated heterocycles. The van der Waals surface area contributed by atoms with Crippen molar-refractivity contribution in [2.24, 2.45) is 11.8 Å². The van der Waals surface area contributed by atoms with E-state index in [1.165, 1.54) is 50.5 Å². The van der Waals surface area contributed by atoms with Crippen LogP contribution < -0.4 is 4.74 Å². The molecule has 5 fully saturated rings. The summed E-state index contributed by atoms with van der Waals surface area (Å²) < 4.78 is 6.09. The average molecular weight is 369 g/mol. The van der Waals surface area contributed by atoms with Crippen LogP contribution in [-0.2, 0) is 11.3 Å². The van der Waals surface area contributed by atoms with E-state index in [1.807, 2.05) is 0 Å². The maximum Gasteiger partial charge on any atom is 0.227 e. The van der Waals surface area contributed by atoms with Crippen molar-refractivity contribution >= 4 is 5.91 Å². The number of hydrogen-bond acceptors (Lipinski definition) is 3. The number of benzene rings is 1. The molecule has 4 heteroatoms. The normalized spacial score (nSPS) is 29.3. The number of hydrogen-bond donors (Lipinski definition) is 0. The highest BCUT2D eigenvalue weighted by molar-refractivity contribution is 5.80. The van der Waals surface area contributed by atoms with E-state index in [-0.39, 0.29) is 5.92 Å². The Morgan fingerprint density at radius 2 is 1.70 bits per heavy atom. The molecular formula is C23H32N2O2. The fraction of sp³-hybridized carbons (Fsp3) is 0.696. The summed E-state index contributed by atoms with van der Waals surface area (Å²) in [4.78, 5) is 17.6. The van der Waals surface area contributed by atoms with Crippen molar-refractivity contribution in [2.45, 2.75) is 70.1 Å². The standard InChI is InChI=1S/C23H32N2O2/c26-23-19-9-10-20(25(23)14-18-5-6-18)16-24(15-19)13-17-7-11-22(12-8-17)27-21-3-1-2-4-21/h7-8,11-12,18-21H,1-6,9-10,13-16H2. The lowest BCUT2D eigenvalue weighted by Gasteiger charge is -2.36. The van der Waals surface area contributed by atoms with Crippen molar-refractivity contribution in [1.29, 1.82) is 0 Å². The van der Waals surface area contributed by atoms with Gasteiger partial charge in [0.25, 0.3) is 0 Å². The number of piperidine rings is 1. The molecule has 0 spiro atoms. The van der Waals surface area contributed by atoms with Crippen LogP contribution in [0.5, 0.6) is 5.75 Å². The molecule has 27 heavy (non-hydrogen) atoms. The van der Waals surface area contributed by atoms with Crippen LogP contribution in [0.1, 0.15) is 56.9 Å². The molecule has 2 saturated carbocycles. The minimum Gasteiger partial charge on any atom is -0.490 e. The largest absolute Gasteiger partial charge is 0.490 e. The molecule has 0 N–H and O–H groups in total. The van der Waals surface area contributed by atoms with Crippen molar-refractivity contribution in [2.75, 3.05) is 19.6 Å². The van der Waals surface area contributed by atoms with Gasteiger partial charge in [-0.25, -0.2) is 0 Å². The Morgan fingerprint density at radius 1 is 0.926 bits per heavy atom. The van der Waals surface area contributed by atoms with Crippen LogP contribution in [0, 0.1) is 11.8 Å². The molecule has 1 aromatic carbocycles. The number of nitrogens with zero attached hydrogens (tertiary/aromatic N) is 2. The third-order valence-corrected chi connectivity index (χ3v) is 6.96. The average Bonchev–Trinajstić information content (AvgIpc) is 3.41. The first-order valence-corrected chi connectivity index (χ1v) is 11.0. The number of carbonyl (C=O) groups is 1. The summed E-state index contributed by atoms with van der Waals surface area (Å²) in [5, 5.41) is 0. The van der Waals surface area contributed by atoms with Crippen LogP contribution in [0.2, 0.25) is 0 Å². The Bertz CT molecular complexity index is 663. The van der Waals surface area contributed by atoms with E-state index in [0.29, 0.717) is 18.1 Å². The monoisotopic (exact) mass is 368 g/mol. The van der Waals surface area contributed by atoms with Gasteiger partial charge in [-0.05, 0) is 75.0 Å². The maximum atomic E-state index is 12.9. The first kappa shape index (κ1) is 17.5. The van der Waals surface area contributed by atoms with Gasteiger partial charge in [-0.2, -0.15) is 0 Å². The van der Waals surface area contributed by atoms with Crippen molar-refractivity contribution in [3.8, 4) is 5.75 Å². The maximum absolute atomic E-state index is 12.9. The Labute approximate surface area is 162 Å². The third-order valence-electron chi connectivity index (χ3n) is 6.96. The van der Waals surface area contributed by atoms with Gasteiger partial charge in [-0.3, -0.25) is 9.69 Å². The summed E-state index contributed by atoms with van der Waals surface area (Å²) in [5.41, 5.74) is 1.33. The smallest absolute Gasteiger partial charge is 0.227 e. The number of amides is 1. The molecule has 6 rings (SSSR count). The topological polar surface area (TPSA) is 32.8 Å². The Hall–Kier alpha value is -1.55. The number of fused-ring (bicyclic) bond motifs is 4. The fourth-order valence-corrected chi connectivity index (χ4v) is 5.21. The van der Waals surface area contributed by atoms with E-state index in [2.05, 4.69) is 34.1 Å². The molecule has 2 aliphatic carbocycles. The molecule has 146 valence electrons. The summed E-state index contributed by atoms with van der Waals surface area (Å²) in [6, 6.07) is 9.11. The van der Waals surface area contributed by atoms with Crippen LogP contribution in [0.25, 0.3) is 0 Å². The van der Waals surface area contributed by atoms with Crippen molar-refractivity contribution < 1.29 is 9.53 Å². The molecule has 2 atom stereocenters. The predicted molar refractivity (Wildman–Crippen MR) is 106 cm³/mol. The SMILES string of the molecule is O=C1C2CCC(CN(Cc3ccc(OC4CCCC4)cc3)C2)N1CC1CC1. The van der Waals surface area contributed by atoms with Crippen molar-refractivity contribution in [3.05, 3.63) is 29.8 Å². The highest BCUT2D eigenvalue weighted by atomic mass is 16.5. The van der Waals surface area contributed by atoms with Gasteiger partial charge in [0, 0.05) is 32.2 Å². The number of rotatable bonds is 6. The number of carbonyl (C=O) groups excluding carboxylic acids is 1. The minimum absolute atomic E-state index is 0.215. The summed E-state index contributed by atoms with van der Waals surface area (Å²) in [7, 11) is 0. The second-order valence-electron chi connectivity index (χ2n) is 9.22. The quantitative estimate of drug-likeness (QED) is 0.765. The van der Waals surface area contributed by atoms with Crippen LogP contribution in [0.3, 0.4) is 0 Å². The summed E-state index contributed by atoms with van der Waals surface area (Å²) in [5.74, 6) is 2.44. The van der Waals surface area contributed by atoms with E-state index >= 15 is 0 Å². The van der Waals surface area contributed by atoms with Gasteiger partial charge in [0.15, 0.2) is 0 Å². The summed E-state index contributed by atoms with van der Waals surface area (Å²) in [6.45, 7) is 3.93. The van der Waals surface area contributed by atoms with E-state index < -0.39 is 0 Å². The Kier molecular flexibility index (Phi) is 4.85. The molecule has 0 aromatic heterocycles. The third kappa shape index (κ3) is 4.01. The zero-order chi connectivity index (χ0) is 18.2. The van der Waals surface area contributed by atoms with Crippen molar-refractivity contribution in [3.63, 3.8) is 0 Å². The first-order chi connectivity index (χ1) is 13.2. The molecule has 1 amide bonds. The molecule has 2 unspecified atom stereocenters. The second-order valence-corrected chi connectivity index (χ2v) is 9.22. The Balaban J connectivity index is 1.21. The van der Waals surface area contributed by atoms with Gasteiger partial charge in [0.1, 0.15) is 5.75 Å². The summed E-state index contributed by atoms with van der Waals surface area (Å²) in [6.07, 6.45) is 10.3. The van der Waals surface area contributed by atoms with Gasteiger partial charge in [0.05, 0.1) is 12.0 Å². The zero-order valence-electron chi connectivity index (χ0n) is 16.3. The lowest BCUT2D eigenvalue weighted by atomic mass is 9.94. The first-order valence-electron chi connectivity index (χ1n) is 11.0. The molecule has 3 aliphatic heterocycles. The van der Waals surface area contributed by atoms with Crippen LogP contribution in [0.15, 0.2) is 24.3 Å². The second kappa shape index (κ2) is 7.46. The van der Waals surface area contributed by atoms with E-state index in [1.54, 1.807) is 0 Å². The summed E-state index contributed by atoms with van der Waals surface area (Å²) >= 11 is 0. The Morgan fingerprint density at radius 3 is 2.44 bits per heavy atom. The van der Waals surface area contributed by atoms with Crippen molar-refractivity contribution in [1.82, 2.24) is 9.80 Å². The molecule has 0 radical (unpaired) electrons. The molecule has 1 aromatic rings. The fourth-order valence-electron chi connectivity index (χ4n) is 5.21. The molecule has 4 nitrogen and oxygen atoms in total. The van der Waals surface area contributed by atoms with E-state index in [0.717, 1.165) is 44.3 Å². The van der Waals surface area contributed by atoms with Crippen LogP contribution in [-0.4, -0.2) is 47.5 Å². The van der Waals surface area contributed by atoms with Gasteiger partial charge in [-0.15, -0.1) is 0 Å². The number of ether oxygens (including phenoxy) is 1. The van der Waals surface area contributed by atoms with Crippen LogP contribution >= 0.6 is 0 Å². The molecule has 5 aliphatic rings. The lowest BCUT2D eigenvalue weighted by Crippen LogP contribution is -2.48. The van der Waals surface area contributed by atoms with E-state index in [4.69, 9.17) is 4.74 Å². The predicted octanol–water partition coefficient (Wildman–Crippen LogP) is 3.84. The van der Waals surface area contributed by atoms with Gasteiger partial charge in [-0.1, -0.05) is 12.1 Å². The molecule has 3 heterocycles. The lowest BCUT2D eigenvalue weighted by molar-refractivity contribution is -0.140. The molecule has 2 bridgehead atoms. The zero-order valence-corrected chi connectivity index (χ0v) is 16.3. The van der Waals surface area contributed by atoms with Gasteiger partial charge >= 0.3 is 0 Å². The highest BCUT2D eigenvalue weighted by Gasteiger charge is 2.42. The van der Waals surface area contributed by atoms with Gasteiger partial charge in [0.2, 0.25) is 5.91 Å². The van der Waals surface area contributed by atoms with E-state index in [9.17, 15) is 4.79 Å². The molecular weight excluding hydrogens is 336 g/mol.